The molecule has 0 saturated heterocycles. The Labute approximate surface area is 190 Å². The Morgan fingerprint density at radius 1 is 1.29 bits per heavy atom. The Bertz CT molecular complexity index is 700. The number of thioether (sulfide) groups is 1. The molecule has 3 N–H and O–H groups in total. The maximum absolute atomic E-state index is 14.3. The predicted molar refractivity (Wildman–Crippen MR) is 129 cm³/mol. The lowest BCUT2D eigenvalue weighted by atomic mass is 10.2. The molecule has 1 rings (SSSR count). The molecule has 31 heavy (non-hydrogen) atoms. The highest BCUT2D eigenvalue weighted by atomic mass is 32.2. The third kappa shape index (κ3) is 11.8. The van der Waals surface area contributed by atoms with E-state index in [2.05, 4.69) is 23.2 Å². The monoisotopic (exact) mass is 453 g/mol. The average Bonchev–Trinajstić information content (AvgIpc) is 2.79. The van der Waals surface area contributed by atoms with E-state index in [1.165, 1.54) is 46.0 Å². The summed E-state index contributed by atoms with van der Waals surface area (Å²) >= 11 is 1.01. The van der Waals surface area contributed by atoms with Gasteiger partial charge in [0, 0.05) is 31.8 Å². The van der Waals surface area contributed by atoms with Gasteiger partial charge in [-0.05, 0) is 19.9 Å². The molecule has 0 heterocycles. The molecule has 0 aliphatic heterocycles. The van der Waals surface area contributed by atoms with Crippen LogP contribution in [0.5, 0.6) is 11.5 Å². The number of benzene rings is 1. The van der Waals surface area contributed by atoms with Crippen LogP contribution in [0, 0.1) is 18.2 Å². The first-order valence-electron chi connectivity index (χ1n) is 10.5. The van der Waals surface area contributed by atoms with E-state index in [1.54, 1.807) is 13.0 Å². The maximum atomic E-state index is 14.3. The van der Waals surface area contributed by atoms with Crippen molar-refractivity contribution in [3.05, 3.63) is 23.5 Å². The van der Waals surface area contributed by atoms with Crippen LogP contribution in [0.4, 0.5) is 4.39 Å². The van der Waals surface area contributed by atoms with Crippen molar-refractivity contribution in [2.75, 3.05) is 40.4 Å². The van der Waals surface area contributed by atoms with E-state index in [1.807, 2.05) is 0 Å². The number of carbonyl (C=O) groups is 1. The van der Waals surface area contributed by atoms with Crippen LogP contribution >= 0.6 is 11.8 Å². The van der Waals surface area contributed by atoms with Crippen molar-refractivity contribution in [1.82, 2.24) is 5.32 Å². The minimum Gasteiger partial charge on any atom is -0.497 e. The molecular formula is C23H36FN3O3S. The van der Waals surface area contributed by atoms with E-state index in [0.717, 1.165) is 31.4 Å². The zero-order valence-electron chi connectivity index (χ0n) is 19.1. The summed E-state index contributed by atoms with van der Waals surface area (Å²) in [7, 11) is 2.86. The van der Waals surface area contributed by atoms with Crippen molar-refractivity contribution >= 4 is 23.1 Å². The van der Waals surface area contributed by atoms with Gasteiger partial charge in [-0.2, -0.15) is 0 Å². The van der Waals surface area contributed by atoms with Gasteiger partial charge in [-0.3, -0.25) is 4.99 Å². The summed E-state index contributed by atoms with van der Waals surface area (Å²) in [5.74, 6) is 2.37. The highest BCUT2D eigenvalue weighted by molar-refractivity contribution is 8.15. The molecule has 0 amide bonds. The summed E-state index contributed by atoms with van der Waals surface area (Å²) in [5, 5.41) is 2.86. The quantitative estimate of drug-likeness (QED) is 0.156. The summed E-state index contributed by atoms with van der Waals surface area (Å²) in [6.07, 6.45) is 11.2. The zero-order valence-corrected chi connectivity index (χ0v) is 19.9. The molecule has 1 unspecified atom stereocenters. The van der Waals surface area contributed by atoms with Crippen molar-refractivity contribution in [3.8, 4) is 23.8 Å². The minimum atomic E-state index is -0.735. The predicted octanol–water partition coefficient (Wildman–Crippen LogP) is 3.66. The van der Waals surface area contributed by atoms with E-state index < -0.39 is 11.1 Å². The lowest BCUT2D eigenvalue weighted by Gasteiger charge is -2.14. The third-order valence-electron chi connectivity index (χ3n) is 4.05. The summed E-state index contributed by atoms with van der Waals surface area (Å²) in [6, 6.07) is 2.78. The smallest absolute Gasteiger partial charge is 0.145 e. The van der Waals surface area contributed by atoms with Crippen LogP contribution in [-0.2, 0) is 4.79 Å². The number of rotatable bonds is 13. The number of aldehydes is 1. The third-order valence-corrected chi connectivity index (χ3v) is 5.11. The molecule has 0 aromatic heterocycles. The van der Waals surface area contributed by atoms with Gasteiger partial charge in [0.1, 0.15) is 33.9 Å². The molecular weight excluding hydrogens is 417 g/mol. The van der Waals surface area contributed by atoms with E-state index in [-0.39, 0.29) is 11.3 Å². The number of nitrogens with zero attached hydrogens (tertiary/aromatic N) is 1. The van der Waals surface area contributed by atoms with Crippen LogP contribution in [0.3, 0.4) is 0 Å². The number of aliphatic imine (C=N–C) groups is 1. The molecule has 0 radical (unpaired) electrons. The molecule has 1 aromatic carbocycles. The number of ether oxygens (including phenoxy) is 2. The molecule has 1 aromatic rings. The zero-order chi connectivity index (χ0) is 23.5. The SMILES string of the molecule is C#CC(C=O)SC(=NCC)c1c(F)cc(OC)cc1OC.CCCCCCNCCN. The van der Waals surface area contributed by atoms with E-state index >= 15 is 0 Å². The maximum Gasteiger partial charge on any atom is 0.145 e. The highest BCUT2D eigenvalue weighted by Gasteiger charge is 2.21. The van der Waals surface area contributed by atoms with Crippen LogP contribution in [0.1, 0.15) is 45.1 Å². The Morgan fingerprint density at radius 2 is 2.03 bits per heavy atom. The number of nitrogens with two attached hydrogens (primary N) is 1. The van der Waals surface area contributed by atoms with Crippen molar-refractivity contribution < 1.29 is 18.7 Å². The highest BCUT2D eigenvalue weighted by Crippen LogP contribution is 2.32. The van der Waals surface area contributed by atoms with E-state index in [9.17, 15) is 9.18 Å². The fourth-order valence-corrected chi connectivity index (χ4v) is 3.37. The Hall–Kier alpha value is -2.08. The molecule has 0 aliphatic carbocycles. The lowest BCUT2D eigenvalue weighted by Crippen LogP contribution is -2.23. The van der Waals surface area contributed by atoms with Gasteiger partial charge >= 0.3 is 0 Å². The second kappa shape index (κ2) is 18.7. The summed E-state index contributed by atoms with van der Waals surface area (Å²) in [4.78, 5) is 15.1. The van der Waals surface area contributed by atoms with Gasteiger partial charge in [0.05, 0.1) is 19.8 Å². The van der Waals surface area contributed by atoms with Crippen molar-refractivity contribution in [1.29, 1.82) is 0 Å². The Morgan fingerprint density at radius 3 is 2.55 bits per heavy atom. The first-order valence-corrected chi connectivity index (χ1v) is 11.4. The van der Waals surface area contributed by atoms with Gasteiger partial charge in [-0.1, -0.05) is 43.9 Å². The van der Waals surface area contributed by atoms with Crippen molar-refractivity contribution in [3.63, 3.8) is 0 Å². The van der Waals surface area contributed by atoms with Gasteiger partial charge < -0.3 is 25.3 Å². The number of carbonyl (C=O) groups excluding carboxylic acids is 1. The van der Waals surface area contributed by atoms with E-state index in [0.29, 0.717) is 23.6 Å². The van der Waals surface area contributed by atoms with Crippen molar-refractivity contribution in [2.24, 2.45) is 10.7 Å². The van der Waals surface area contributed by atoms with Gasteiger partial charge in [-0.15, -0.1) is 6.42 Å². The van der Waals surface area contributed by atoms with Gasteiger partial charge in [-0.25, -0.2) is 4.39 Å². The van der Waals surface area contributed by atoms with Crippen molar-refractivity contribution in [2.45, 2.75) is 44.8 Å². The van der Waals surface area contributed by atoms with Crippen LogP contribution in [0.15, 0.2) is 17.1 Å². The lowest BCUT2D eigenvalue weighted by molar-refractivity contribution is -0.106. The molecule has 0 spiro atoms. The number of nitrogens with one attached hydrogen (secondary N) is 1. The summed E-state index contributed by atoms with van der Waals surface area (Å²) in [6.45, 7) is 7.32. The molecule has 0 aliphatic rings. The Balaban J connectivity index is 0.000000759. The number of hydrogen-bond donors (Lipinski definition) is 2. The second-order valence-corrected chi connectivity index (χ2v) is 7.54. The van der Waals surface area contributed by atoms with Crippen LogP contribution < -0.4 is 20.5 Å². The normalized spacial score (nSPS) is 11.7. The molecule has 1 atom stereocenters. The number of halogens is 1. The standard InChI is InChI=1S/C15H16FNO3S.C8H20N2/c1-5-11(9-18)21-15(17-6-2)14-12(16)7-10(19-3)8-13(14)20-4;1-2-3-4-5-7-10-8-6-9/h1,7-9,11H,6H2,2-4H3;10H,2-9H2,1H3. The fraction of sp³-hybridized carbons (Fsp3) is 0.565. The van der Waals surface area contributed by atoms with Crippen LogP contribution in [0.25, 0.3) is 0 Å². The number of terminal acetylenes is 1. The molecule has 6 nitrogen and oxygen atoms in total. The van der Waals surface area contributed by atoms with Gasteiger partial charge in [0.2, 0.25) is 0 Å². The van der Waals surface area contributed by atoms with Crippen LogP contribution in [0.2, 0.25) is 0 Å². The van der Waals surface area contributed by atoms with E-state index in [4.69, 9.17) is 21.6 Å². The molecule has 174 valence electrons. The minimum absolute atomic E-state index is 0.173. The second-order valence-electron chi connectivity index (χ2n) is 6.41. The van der Waals surface area contributed by atoms with Gasteiger partial charge in [0.15, 0.2) is 0 Å². The average molecular weight is 454 g/mol. The molecule has 8 heteroatoms. The van der Waals surface area contributed by atoms with Gasteiger partial charge in [0.25, 0.3) is 0 Å². The molecule has 0 fully saturated rings. The number of methoxy groups -OCH3 is 2. The first kappa shape index (κ1) is 28.9. The van der Waals surface area contributed by atoms with Crippen LogP contribution in [-0.4, -0.2) is 57.0 Å². The summed E-state index contributed by atoms with van der Waals surface area (Å²) < 4.78 is 24.5. The number of unbranched alkanes of at least 4 members (excludes halogenated alkanes) is 3. The molecule has 0 saturated carbocycles. The largest absolute Gasteiger partial charge is 0.497 e. The summed E-state index contributed by atoms with van der Waals surface area (Å²) in [5.41, 5.74) is 5.48. The first-order chi connectivity index (χ1) is 15.0. The Kier molecular flexibility index (Phi) is 17.4. The number of hydrogen-bond acceptors (Lipinski definition) is 7. The fourth-order valence-electron chi connectivity index (χ4n) is 2.49. The topological polar surface area (TPSA) is 85.9 Å². The molecule has 0 bridgehead atoms.